The van der Waals surface area contributed by atoms with Gasteiger partial charge in [0, 0.05) is 19.5 Å². The molecule has 2 rings (SSSR count). The summed E-state index contributed by atoms with van der Waals surface area (Å²) in [6, 6.07) is -0.131. The minimum absolute atomic E-state index is 0.131. The number of nitrogens with zero attached hydrogens (tertiary/aromatic N) is 1. The van der Waals surface area contributed by atoms with Gasteiger partial charge in [0.15, 0.2) is 0 Å². The Labute approximate surface area is 71.4 Å². The summed E-state index contributed by atoms with van der Waals surface area (Å²) in [5, 5.41) is 28.4. The highest BCUT2D eigenvalue weighted by molar-refractivity contribution is 4.97. The molecule has 0 bridgehead atoms. The molecule has 0 radical (unpaired) electrons. The van der Waals surface area contributed by atoms with E-state index < -0.39 is 18.3 Å². The van der Waals surface area contributed by atoms with E-state index in [1.165, 1.54) is 0 Å². The zero-order valence-electron chi connectivity index (χ0n) is 6.93. The third-order valence-electron chi connectivity index (χ3n) is 2.88. The second-order valence-corrected chi connectivity index (χ2v) is 3.80. The van der Waals surface area contributed by atoms with E-state index in [9.17, 15) is 15.3 Å². The van der Waals surface area contributed by atoms with Crippen LogP contribution in [0.25, 0.3) is 0 Å². The SMILES string of the molecule is O[C@H]1C[C@H](O)[C@H]2[C@@H](O)CCN2C1. The molecular formula is C8H15NO3. The highest BCUT2D eigenvalue weighted by Crippen LogP contribution is 2.27. The third kappa shape index (κ3) is 1.25. The van der Waals surface area contributed by atoms with Crippen LogP contribution >= 0.6 is 0 Å². The quantitative estimate of drug-likeness (QED) is 0.419. The lowest BCUT2D eigenvalue weighted by Gasteiger charge is -2.37. The summed E-state index contributed by atoms with van der Waals surface area (Å²) < 4.78 is 0. The van der Waals surface area contributed by atoms with Crippen molar-refractivity contribution in [3.8, 4) is 0 Å². The molecule has 2 saturated heterocycles. The molecule has 4 atom stereocenters. The van der Waals surface area contributed by atoms with Crippen molar-refractivity contribution in [3.63, 3.8) is 0 Å². The molecule has 0 amide bonds. The molecule has 2 aliphatic heterocycles. The molecule has 0 aromatic carbocycles. The van der Waals surface area contributed by atoms with Crippen molar-refractivity contribution < 1.29 is 15.3 Å². The first-order valence-electron chi connectivity index (χ1n) is 4.46. The Morgan fingerprint density at radius 1 is 1.08 bits per heavy atom. The van der Waals surface area contributed by atoms with Gasteiger partial charge in [-0.1, -0.05) is 0 Å². The van der Waals surface area contributed by atoms with Crippen molar-refractivity contribution >= 4 is 0 Å². The number of aliphatic hydroxyl groups excluding tert-OH is 3. The van der Waals surface area contributed by atoms with Gasteiger partial charge in [0.1, 0.15) is 0 Å². The molecule has 70 valence electrons. The van der Waals surface area contributed by atoms with Gasteiger partial charge in [-0.25, -0.2) is 0 Å². The molecule has 0 saturated carbocycles. The first-order chi connectivity index (χ1) is 5.68. The van der Waals surface area contributed by atoms with Crippen LogP contribution in [0.3, 0.4) is 0 Å². The molecule has 3 N–H and O–H groups in total. The summed E-state index contributed by atoms with van der Waals surface area (Å²) in [5.41, 5.74) is 0. The molecule has 0 spiro atoms. The molecule has 0 aromatic heterocycles. The molecule has 0 aromatic rings. The lowest BCUT2D eigenvalue weighted by atomic mass is 9.96. The molecule has 0 aliphatic carbocycles. The number of rotatable bonds is 0. The Kier molecular flexibility index (Phi) is 2.08. The summed E-state index contributed by atoms with van der Waals surface area (Å²) in [5.74, 6) is 0. The largest absolute Gasteiger partial charge is 0.392 e. The van der Waals surface area contributed by atoms with Gasteiger partial charge in [-0.05, 0) is 6.42 Å². The maximum atomic E-state index is 9.56. The van der Waals surface area contributed by atoms with Crippen LogP contribution in [0, 0.1) is 0 Å². The molecule has 2 aliphatic rings. The molecule has 2 heterocycles. The van der Waals surface area contributed by atoms with Crippen LogP contribution in [0.15, 0.2) is 0 Å². The number of hydrogen-bond acceptors (Lipinski definition) is 4. The lowest BCUT2D eigenvalue weighted by Crippen LogP contribution is -2.53. The van der Waals surface area contributed by atoms with E-state index in [2.05, 4.69) is 0 Å². The maximum Gasteiger partial charge on any atom is 0.0745 e. The average Bonchev–Trinajstić information content (AvgIpc) is 2.31. The molecule has 4 nitrogen and oxygen atoms in total. The van der Waals surface area contributed by atoms with E-state index in [1.807, 2.05) is 4.90 Å². The zero-order valence-corrected chi connectivity index (χ0v) is 6.93. The van der Waals surface area contributed by atoms with E-state index in [0.717, 1.165) is 6.54 Å². The van der Waals surface area contributed by atoms with Crippen molar-refractivity contribution in [3.05, 3.63) is 0 Å². The first kappa shape index (κ1) is 8.44. The molecule has 12 heavy (non-hydrogen) atoms. The number of piperidine rings is 1. The number of fused-ring (bicyclic) bond motifs is 1. The summed E-state index contributed by atoms with van der Waals surface area (Å²) >= 11 is 0. The maximum absolute atomic E-state index is 9.56. The fourth-order valence-electron chi connectivity index (χ4n) is 2.34. The molecule has 0 unspecified atom stereocenters. The van der Waals surface area contributed by atoms with Crippen LogP contribution in [0.1, 0.15) is 12.8 Å². The van der Waals surface area contributed by atoms with Gasteiger partial charge < -0.3 is 15.3 Å². The predicted molar refractivity (Wildman–Crippen MR) is 42.6 cm³/mol. The Morgan fingerprint density at radius 2 is 1.83 bits per heavy atom. The van der Waals surface area contributed by atoms with Crippen LogP contribution in [-0.2, 0) is 0 Å². The molecule has 2 fully saturated rings. The predicted octanol–water partition coefficient (Wildman–Crippen LogP) is -1.45. The van der Waals surface area contributed by atoms with Crippen LogP contribution < -0.4 is 0 Å². The van der Waals surface area contributed by atoms with Gasteiger partial charge in [-0.2, -0.15) is 0 Å². The van der Waals surface area contributed by atoms with Crippen LogP contribution in [-0.4, -0.2) is 57.7 Å². The van der Waals surface area contributed by atoms with Gasteiger partial charge in [-0.15, -0.1) is 0 Å². The normalized spacial score (nSPS) is 49.2. The lowest BCUT2D eigenvalue weighted by molar-refractivity contribution is -0.0591. The Balaban J connectivity index is 2.09. The van der Waals surface area contributed by atoms with Crippen molar-refractivity contribution in [1.29, 1.82) is 0 Å². The standard InChI is InChI=1S/C8H15NO3/c10-5-3-7(12)8-6(11)1-2-9(8)4-5/h5-8,10-12H,1-4H2/t5-,6-,7-,8+/m0/s1. The Morgan fingerprint density at radius 3 is 2.58 bits per heavy atom. The Hall–Kier alpha value is -0.160. The second kappa shape index (κ2) is 2.96. The van der Waals surface area contributed by atoms with E-state index in [0.29, 0.717) is 19.4 Å². The highest BCUT2D eigenvalue weighted by atomic mass is 16.3. The van der Waals surface area contributed by atoms with Crippen LogP contribution in [0.2, 0.25) is 0 Å². The summed E-state index contributed by atoms with van der Waals surface area (Å²) in [6.07, 6.45) is -0.285. The van der Waals surface area contributed by atoms with Gasteiger partial charge in [0.05, 0.1) is 24.4 Å². The fourth-order valence-corrected chi connectivity index (χ4v) is 2.34. The van der Waals surface area contributed by atoms with E-state index in [-0.39, 0.29) is 6.04 Å². The monoisotopic (exact) mass is 173 g/mol. The van der Waals surface area contributed by atoms with Crippen molar-refractivity contribution in [2.75, 3.05) is 13.1 Å². The summed E-state index contributed by atoms with van der Waals surface area (Å²) in [4.78, 5) is 1.98. The van der Waals surface area contributed by atoms with Crippen LogP contribution in [0.5, 0.6) is 0 Å². The topological polar surface area (TPSA) is 63.9 Å². The van der Waals surface area contributed by atoms with Crippen molar-refractivity contribution in [2.24, 2.45) is 0 Å². The zero-order chi connectivity index (χ0) is 8.72. The van der Waals surface area contributed by atoms with E-state index in [4.69, 9.17) is 0 Å². The fraction of sp³-hybridized carbons (Fsp3) is 1.00. The molecular weight excluding hydrogens is 158 g/mol. The average molecular weight is 173 g/mol. The van der Waals surface area contributed by atoms with Gasteiger partial charge in [0.2, 0.25) is 0 Å². The van der Waals surface area contributed by atoms with Gasteiger partial charge in [0.25, 0.3) is 0 Å². The van der Waals surface area contributed by atoms with Crippen LogP contribution in [0.4, 0.5) is 0 Å². The van der Waals surface area contributed by atoms with Crippen molar-refractivity contribution in [2.45, 2.75) is 37.2 Å². The summed E-state index contributed by atoms with van der Waals surface area (Å²) in [6.45, 7) is 1.39. The number of aliphatic hydroxyl groups is 3. The van der Waals surface area contributed by atoms with E-state index in [1.54, 1.807) is 0 Å². The smallest absolute Gasteiger partial charge is 0.0745 e. The highest BCUT2D eigenvalue weighted by Gasteiger charge is 2.42. The van der Waals surface area contributed by atoms with Gasteiger partial charge >= 0.3 is 0 Å². The Bertz CT molecular complexity index is 176. The van der Waals surface area contributed by atoms with Crippen molar-refractivity contribution in [1.82, 2.24) is 4.90 Å². The number of hydrogen-bond donors (Lipinski definition) is 3. The minimum atomic E-state index is -0.564. The molecule has 4 heteroatoms. The van der Waals surface area contributed by atoms with Gasteiger partial charge in [-0.3, -0.25) is 4.90 Å². The second-order valence-electron chi connectivity index (χ2n) is 3.80. The minimum Gasteiger partial charge on any atom is -0.392 e. The third-order valence-corrected chi connectivity index (χ3v) is 2.88. The summed E-state index contributed by atoms with van der Waals surface area (Å²) in [7, 11) is 0. The first-order valence-corrected chi connectivity index (χ1v) is 4.46. The van der Waals surface area contributed by atoms with E-state index >= 15 is 0 Å².